The predicted octanol–water partition coefficient (Wildman–Crippen LogP) is 4.54. The molecular formula is C30H35N5O5. The zero-order valence-corrected chi connectivity index (χ0v) is 23.7. The number of rotatable bonds is 10. The van der Waals surface area contributed by atoms with Gasteiger partial charge in [0.25, 0.3) is 0 Å². The highest BCUT2D eigenvalue weighted by atomic mass is 16.5. The van der Waals surface area contributed by atoms with Crippen molar-refractivity contribution >= 4 is 28.5 Å². The third kappa shape index (κ3) is 6.17. The third-order valence-electron chi connectivity index (χ3n) is 6.13. The molecular weight excluding hydrogens is 510 g/mol. The first-order valence-corrected chi connectivity index (χ1v) is 13.0. The lowest BCUT2D eigenvalue weighted by molar-refractivity contribution is -0.128. The maximum atomic E-state index is 14.4. The number of nitrogens with one attached hydrogen (secondary N) is 1. The second-order valence-electron chi connectivity index (χ2n) is 10.1. The van der Waals surface area contributed by atoms with E-state index in [0.29, 0.717) is 46.1 Å². The van der Waals surface area contributed by atoms with Crippen LogP contribution in [0.3, 0.4) is 0 Å². The van der Waals surface area contributed by atoms with Crippen molar-refractivity contribution in [3.05, 3.63) is 72.3 Å². The first-order chi connectivity index (χ1) is 19.2. The van der Waals surface area contributed by atoms with Crippen LogP contribution in [0.25, 0.3) is 11.0 Å². The fourth-order valence-corrected chi connectivity index (χ4v) is 4.48. The van der Waals surface area contributed by atoms with Crippen molar-refractivity contribution < 1.29 is 23.8 Å². The Kier molecular flexibility index (Phi) is 8.57. The Morgan fingerprint density at radius 3 is 2.40 bits per heavy atom. The Hall–Kier alpha value is -4.60. The average molecular weight is 546 g/mol. The van der Waals surface area contributed by atoms with Gasteiger partial charge in [0.15, 0.2) is 0 Å². The number of amides is 2. The van der Waals surface area contributed by atoms with Crippen molar-refractivity contribution in [1.82, 2.24) is 20.3 Å². The third-order valence-corrected chi connectivity index (χ3v) is 6.13. The van der Waals surface area contributed by atoms with Crippen LogP contribution >= 0.6 is 0 Å². The van der Waals surface area contributed by atoms with Crippen LogP contribution < -0.4 is 24.4 Å². The summed E-state index contributed by atoms with van der Waals surface area (Å²) in [6, 6.07) is 18.5. The lowest BCUT2D eigenvalue weighted by Gasteiger charge is -2.35. The molecule has 0 fully saturated rings. The number of benzene rings is 3. The predicted molar refractivity (Wildman–Crippen MR) is 153 cm³/mol. The average Bonchev–Trinajstić information content (AvgIpc) is 3.33. The van der Waals surface area contributed by atoms with Gasteiger partial charge in [0.05, 0.1) is 32.0 Å². The summed E-state index contributed by atoms with van der Waals surface area (Å²) in [7, 11) is 3.06. The SMILES string of the molecule is CCOc1ccccc1N(C(=O)Cn1nnc2ccccc21)C(C(=O)NC(C)(C)C)c1cc(OC)ccc1OC. The van der Waals surface area contributed by atoms with E-state index in [1.165, 1.54) is 16.7 Å². The summed E-state index contributed by atoms with van der Waals surface area (Å²) in [5.41, 5.74) is 1.65. The Bertz CT molecular complexity index is 1490. The summed E-state index contributed by atoms with van der Waals surface area (Å²) >= 11 is 0. The Morgan fingerprint density at radius 1 is 0.975 bits per heavy atom. The van der Waals surface area contributed by atoms with Gasteiger partial charge in [0.1, 0.15) is 35.4 Å². The summed E-state index contributed by atoms with van der Waals surface area (Å²) in [4.78, 5) is 30.0. The van der Waals surface area contributed by atoms with E-state index in [0.717, 1.165) is 0 Å². The molecule has 4 aromatic rings. The van der Waals surface area contributed by atoms with Crippen LogP contribution in [0.2, 0.25) is 0 Å². The van der Waals surface area contributed by atoms with Crippen molar-refractivity contribution in [2.75, 3.05) is 25.7 Å². The number of para-hydroxylation sites is 3. The van der Waals surface area contributed by atoms with E-state index >= 15 is 0 Å². The largest absolute Gasteiger partial charge is 0.497 e. The number of aromatic nitrogens is 3. The van der Waals surface area contributed by atoms with Gasteiger partial charge in [-0.15, -0.1) is 5.10 Å². The summed E-state index contributed by atoms with van der Waals surface area (Å²) in [5, 5.41) is 11.4. The monoisotopic (exact) mass is 545 g/mol. The number of anilines is 1. The molecule has 0 aliphatic heterocycles. The summed E-state index contributed by atoms with van der Waals surface area (Å²) < 4.78 is 18.6. The molecule has 0 saturated heterocycles. The van der Waals surface area contributed by atoms with Crippen LogP contribution in [-0.4, -0.2) is 53.2 Å². The number of nitrogens with zero attached hydrogens (tertiary/aromatic N) is 4. The number of fused-ring (bicyclic) bond motifs is 1. The molecule has 2 amide bonds. The number of carbonyl (C=O) groups is 2. The van der Waals surface area contributed by atoms with E-state index in [4.69, 9.17) is 14.2 Å². The lowest BCUT2D eigenvalue weighted by Crippen LogP contribution is -2.50. The van der Waals surface area contributed by atoms with Crippen LogP contribution in [0.4, 0.5) is 5.69 Å². The maximum Gasteiger partial charge on any atom is 0.249 e. The van der Waals surface area contributed by atoms with Crippen molar-refractivity contribution in [3.63, 3.8) is 0 Å². The quantitative estimate of drug-likeness (QED) is 0.312. The zero-order chi connectivity index (χ0) is 28.9. The molecule has 0 saturated carbocycles. The van der Waals surface area contributed by atoms with E-state index in [-0.39, 0.29) is 6.54 Å². The molecule has 1 unspecified atom stereocenters. The van der Waals surface area contributed by atoms with Crippen molar-refractivity contribution in [3.8, 4) is 17.2 Å². The van der Waals surface area contributed by atoms with E-state index in [9.17, 15) is 9.59 Å². The molecule has 4 rings (SSSR count). The molecule has 0 spiro atoms. The van der Waals surface area contributed by atoms with Gasteiger partial charge in [-0.05, 0) is 70.2 Å². The van der Waals surface area contributed by atoms with Gasteiger partial charge in [-0.2, -0.15) is 0 Å². The first kappa shape index (κ1) is 28.4. The van der Waals surface area contributed by atoms with E-state index in [1.807, 2.05) is 58.0 Å². The van der Waals surface area contributed by atoms with E-state index < -0.39 is 23.4 Å². The number of methoxy groups -OCH3 is 2. The number of hydrogen-bond acceptors (Lipinski definition) is 7. The Labute approximate surface area is 233 Å². The lowest BCUT2D eigenvalue weighted by atomic mass is 9.99. The molecule has 1 heterocycles. The topological polar surface area (TPSA) is 108 Å². The maximum absolute atomic E-state index is 14.4. The molecule has 0 aliphatic carbocycles. The van der Waals surface area contributed by atoms with Crippen LogP contribution in [0.1, 0.15) is 39.3 Å². The number of carbonyl (C=O) groups excluding carboxylic acids is 2. The zero-order valence-electron chi connectivity index (χ0n) is 23.7. The Morgan fingerprint density at radius 2 is 1.70 bits per heavy atom. The van der Waals surface area contributed by atoms with E-state index in [2.05, 4.69) is 15.6 Å². The van der Waals surface area contributed by atoms with Gasteiger partial charge in [0.2, 0.25) is 11.8 Å². The van der Waals surface area contributed by atoms with Crippen LogP contribution in [0.5, 0.6) is 17.2 Å². The highest BCUT2D eigenvalue weighted by molar-refractivity contribution is 6.03. The molecule has 3 aromatic carbocycles. The summed E-state index contributed by atoms with van der Waals surface area (Å²) in [5.74, 6) is 0.589. The molecule has 210 valence electrons. The Balaban J connectivity index is 1.94. The number of hydrogen-bond donors (Lipinski definition) is 1. The molecule has 1 N–H and O–H groups in total. The standard InChI is InChI=1S/C30H35N5O5/c1-7-40-26-15-11-10-14-24(26)35(27(36)19-34-23-13-9-8-12-22(23)32-33-34)28(29(37)31-30(2,3)4)21-18-20(38-5)16-17-25(21)39-6/h8-18,28H,7,19H2,1-6H3,(H,31,37). The van der Waals surface area contributed by atoms with Crippen LogP contribution in [-0.2, 0) is 16.1 Å². The molecule has 0 bridgehead atoms. The highest BCUT2D eigenvalue weighted by Gasteiger charge is 2.38. The molecule has 0 aliphatic rings. The van der Waals surface area contributed by atoms with E-state index in [1.54, 1.807) is 43.5 Å². The second kappa shape index (κ2) is 12.1. The van der Waals surface area contributed by atoms with Crippen molar-refractivity contribution in [2.24, 2.45) is 0 Å². The van der Waals surface area contributed by atoms with Crippen LogP contribution in [0.15, 0.2) is 66.7 Å². The smallest absolute Gasteiger partial charge is 0.249 e. The molecule has 40 heavy (non-hydrogen) atoms. The van der Waals surface area contributed by atoms with Crippen molar-refractivity contribution in [2.45, 2.75) is 45.8 Å². The van der Waals surface area contributed by atoms with Gasteiger partial charge in [-0.3, -0.25) is 14.5 Å². The van der Waals surface area contributed by atoms with Crippen molar-refractivity contribution in [1.29, 1.82) is 0 Å². The summed E-state index contributed by atoms with van der Waals surface area (Å²) in [6.45, 7) is 7.70. The fraction of sp³-hybridized carbons (Fsp3) is 0.333. The minimum Gasteiger partial charge on any atom is -0.497 e. The highest BCUT2D eigenvalue weighted by Crippen LogP contribution is 2.40. The number of ether oxygens (including phenoxy) is 3. The van der Waals surface area contributed by atoms with Gasteiger partial charge in [-0.25, -0.2) is 4.68 Å². The van der Waals surface area contributed by atoms with Crippen LogP contribution in [0, 0.1) is 0 Å². The van der Waals surface area contributed by atoms with Gasteiger partial charge in [-0.1, -0.05) is 29.5 Å². The first-order valence-electron chi connectivity index (χ1n) is 13.0. The minimum absolute atomic E-state index is 0.174. The minimum atomic E-state index is -1.15. The molecule has 0 radical (unpaired) electrons. The van der Waals surface area contributed by atoms with Gasteiger partial charge in [0, 0.05) is 11.1 Å². The molecule has 10 nitrogen and oxygen atoms in total. The molecule has 1 aromatic heterocycles. The normalized spacial score (nSPS) is 12.1. The fourth-order valence-electron chi connectivity index (χ4n) is 4.48. The molecule has 1 atom stereocenters. The summed E-state index contributed by atoms with van der Waals surface area (Å²) in [6.07, 6.45) is 0. The van der Waals surface area contributed by atoms with Gasteiger partial charge >= 0.3 is 0 Å². The molecule has 10 heteroatoms. The second-order valence-corrected chi connectivity index (χ2v) is 10.1. The van der Waals surface area contributed by atoms with Gasteiger partial charge < -0.3 is 19.5 Å².